The van der Waals surface area contributed by atoms with Gasteiger partial charge in [-0.2, -0.15) is 0 Å². The van der Waals surface area contributed by atoms with E-state index >= 15 is 0 Å². The SMILES string of the molecule is Cc1cc(Br)cc2sc(Br)nc12. The number of hydrogen-bond donors (Lipinski definition) is 0. The number of nitrogens with zero attached hydrogens (tertiary/aromatic N) is 1. The summed E-state index contributed by atoms with van der Waals surface area (Å²) in [5.74, 6) is 0. The second-order valence-corrected chi connectivity index (χ2v) is 5.76. The van der Waals surface area contributed by atoms with Crippen LogP contribution in [0, 0.1) is 6.92 Å². The van der Waals surface area contributed by atoms with Crippen LogP contribution in [0.15, 0.2) is 20.5 Å². The molecule has 1 aromatic heterocycles. The fraction of sp³-hybridized carbons (Fsp3) is 0.125. The smallest absolute Gasteiger partial charge is 0.160 e. The summed E-state index contributed by atoms with van der Waals surface area (Å²) in [7, 11) is 0. The number of aryl methyl sites for hydroxylation is 1. The first-order chi connectivity index (χ1) is 5.66. The molecule has 2 aromatic rings. The molecule has 1 nitrogen and oxygen atoms in total. The lowest BCUT2D eigenvalue weighted by Crippen LogP contribution is -1.75. The molecule has 0 aliphatic rings. The van der Waals surface area contributed by atoms with E-state index in [2.05, 4.69) is 55.9 Å². The Morgan fingerprint density at radius 1 is 1.33 bits per heavy atom. The van der Waals surface area contributed by atoms with Gasteiger partial charge >= 0.3 is 0 Å². The average molecular weight is 307 g/mol. The molecule has 12 heavy (non-hydrogen) atoms. The van der Waals surface area contributed by atoms with E-state index in [9.17, 15) is 0 Å². The van der Waals surface area contributed by atoms with Crippen LogP contribution in [-0.2, 0) is 0 Å². The van der Waals surface area contributed by atoms with Crippen LogP contribution in [0.25, 0.3) is 10.2 Å². The van der Waals surface area contributed by atoms with Crippen molar-refractivity contribution >= 4 is 53.4 Å². The fourth-order valence-electron chi connectivity index (χ4n) is 1.13. The fourth-order valence-corrected chi connectivity index (χ4v) is 3.36. The third-order valence-electron chi connectivity index (χ3n) is 1.62. The maximum atomic E-state index is 4.37. The molecule has 0 spiro atoms. The van der Waals surface area contributed by atoms with Gasteiger partial charge in [0.1, 0.15) is 0 Å². The second kappa shape index (κ2) is 3.09. The van der Waals surface area contributed by atoms with Crippen molar-refractivity contribution in [3.63, 3.8) is 0 Å². The van der Waals surface area contributed by atoms with E-state index in [1.807, 2.05) is 0 Å². The quantitative estimate of drug-likeness (QED) is 0.713. The molecule has 1 aromatic carbocycles. The number of hydrogen-bond acceptors (Lipinski definition) is 2. The highest BCUT2D eigenvalue weighted by atomic mass is 79.9. The van der Waals surface area contributed by atoms with Gasteiger partial charge < -0.3 is 0 Å². The summed E-state index contributed by atoms with van der Waals surface area (Å²) in [6, 6.07) is 4.17. The van der Waals surface area contributed by atoms with Crippen molar-refractivity contribution in [2.24, 2.45) is 0 Å². The van der Waals surface area contributed by atoms with Crippen molar-refractivity contribution in [3.05, 3.63) is 26.1 Å². The van der Waals surface area contributed by atoms with E-state index in [0.717, 1.165) is 13.9 Å². The Morgan fingerprint density at radius 3 is 2.83 bits per heavy atom. The minimum atomic E-state index is 0.943. The highest BCUT2D eigenvalue weighted by Crippen LogP contribution is 2.30. The Kier molecular flexibility index (Phi) is 2.23. The maximum Gasteiger partial charge on any atom is 0.160 e. The van der Waals surface area contributed by atoms with E-state index in [0.29, 0.717) is 0 Å². The number of thiazole rings is 1. The normalized spacial score (nSPS) is 10.9. The predicted octanol–water partition coefficient (Wildman–Crippen LogP) is 4.13. The van der Waals surface area contributed by atoms with Crippen LogP contribution in [0.2, 0.25) is 0 Å². The number of fused-ring (bicyclic) bond motifs is 1. The largest absolute Gasteiger partial charge is 0.229 e. The number of aromatic nitrogens is 1. The van der Waals surface area contributed by atoms with Gasteiger partial charge in [0.25, 0.3) is 0 Å². The van der Waals surface area contributed by atoms with E-state index < -0.39 is 0 Å². The number of halogens is 2. The first kappa shape index (κ1) is 8.66. The van der Waals surface area contributed by atoms with Gasteiger partial charge in [-0.3, -0.25) is 0 Å². The molecule has 0 saturated heterocycles. The van der Waals surface area contributed by atoms with Gasteiger partial charge in [0.05, 0.1) is 10.2 Å². The summed E-state index contributed by atoms with van der Waals surface area (Å²) < 4.78 is 3.27. The van der Waals surface area contributed by atoms with Crippen LogP contribution in [0.4, 0.5) is 0 Å². The van der Waals surface area contributed by atoms with Crippen molar-refractivity contribution in [3.8, 4) is 0 Å². The molecule has 0 radical (unpaired) electrons. The van der Waals surface area contributed by atoms with Crippen molar-refractivity contribution in [2.45, 2.75) is 6.92 Å². The highest BCUT2D eigenvalue weighted by Gasteiger charge is 2.04. The molecule has 0 saturated carbocycles. The van der Waals surface area contributed by atoms with Crippen LogP contribution in [-0.4, -0.2) is 4.98 Å². The first-order valence-corrected chi connectivity index (χ1v) is 5.79. The molecule has 62 valence electrons. The molecule has 1 heterocycles. The molecule has 0 fully saturated rings. The Morgan fingerprint density at radius 2 is 2.08 bits per heavy atom. The molecule has 2 rings (SSSR count). The zero-order valence-electron chi connectivity index (χ0n) is 6.27. The zero-order valence-corrected chi connectivity index (χ0v) is 10.3. The van der Waals surface area contributed by atoms with Crippen molar-refractivity contribution in [1.82, 2.24) is 4.98 Å². The number of benzene rings is 1. The first-order valence-electron chi connectivity index (χ1n) is 3.39. The van der Waals surface area contributed by atoms with Crippen LogP contribution >= 0.6 is 43.2 Å². The Labute approximate surface area is 91.1 Å². The molecule has 0 aliphatic carbocycles. The molecule has 4 heteroatoms. The summed E-state index contributed by atoms with van der Waals surface area (Å²) in [6.07, 6.45) is 0. The summed E-state index contributed by atoms with van der Waals surface area (Å²) in [5.41, 5.74) is 2.30. The van der Waals surface area contributed by atoms with E-state index in [-0.39, 0.29) is 0 Å². The average Bonchev–Trinajstić information content (AvgIpc) is 2.29. The molecule has 0 amide bonds. The Hall–Kier alpha value is 0.0700. The molecule has 0 unspecified atom stereocenters. The lowest BCUT2D eigenvalue weighted by molar-refractivity contribution is 1.39. The van der Waals surface area contributed by atoms with E-state index in [1.165, 1.54) is 10.3 Å². The lowest BCUT2D eigenvalue weighted by atomic mass is 10.2. The van der Waals surface area contributed by atoms with Crippen molar-refractivity contribution < 1.29 is 0 Å². The van der Waals surface area contributed by atoms with E-state index in [1.54, 1.807) is 11.3 Å². The highest BCUT2D eigenvalue weighted by molar-refractivity contribution is 9.11. The Bertz CT molecular complexity index is 436. The minimum Gasteiger partial charge on any atom is -0.229 e. The standard InChI is InChI=1S/C8H5Br2NS/c1-4-2-5(9)3-6-7(4)11-8(10)12-6/h2-3H,1H3. The molecule has 0 aliphatic heterocycles. The molecule has 0 N–H and O–H groups in total. The summed E-state index contributed by atoms with van der Waals surface area (Å²) >= 11 is 8.49. The molecule has 0 bridgehead atoms. The van der Waals surface area contributed by atoms with Gasteiger partial charge in [-0.1, -0.05) is 15.9 Å². The number of rotatable bonds is 0. The topological polar surface area (TPSA) is 12.9 Å². The molecule has 0 atom stereocenters. The van der Waals surface area contributed by atoms with Crippen LogP contribution in [0.1, 0.15) is 5.56 Å². The second-order valence-electron chi connectivity index (χ2n) is 2.54. The lowest BCUT2D eigenvalue weighted by Gasteiger charge is -1.94. The van der Waals surface area contributed by atoms with Crippen molar-refractivity contribution in [1.29, 1.82) is 0 Å². The summed E-state index contributed by atoms with van der Waals surface area (Å²) in [5, 5.41) is 0. The monoisotopic (exact) mass is 305 g/mol. The van der Waals surface area contributed by atoms with Gasteiger partial charge in [0.15, 0.2) is 3.92 Å². The van der Waals surface area contributed by atoms with Gasteiger partial charge in [-0.15, -0.1) is 11.3 Å². The van der Waals surface area contributed by atoms with Crippen molar-refractivity contribution in [2.75, 3.05) is 0 Å². The zero-order chi connectivity index (χ0) is 8.72. The summed E-state index contributed by atoms with van der Waals surface area (Å²) in [4.78, 5) is 4.37. The van der Waals surface area contributed by atoms with Gasteiger partial charge in [0, 0.05) is 4.47 Å². The maximum absolute atomic E-state index is 4.37. The predicted molar refractivity (Wildman–Crippen MR) is 59.8 cm³/mol. The Balaban J connectivity index is 2.88. The van der Waals surface area contributed by atoms with Gasteiger partial charge in [0.2, 0.25) is 0 Å². The summed E-state index contributed by atoms with van der Waals surface area (Å²) in [6.45, 7) is 2.07. The van der Waals surface area contributed by atoms with Crippen LogP contribution in [0.3, 0.4) is 0 Å². The van der Waals surface area contributed by atoms with Gasteiger partial charge in [-0.05, 0) is 40.5 Å². The van der Waals surface area contributed by atoms with E-state index in [4.69, 9.17) is 0 Å². The third-order valence-corrected chi connectivity index (χ3v) is 3.54. The third kappa shape index (κ3) is 1.43. The van der Waals surface area contributed by atoms with Crippen LogP contribution in [0.5, 0.6) is 0 Å². The molecular weight excluding hydrogens is 302 g/mol. The minimum absolute atomic E-state index is 0.943. The molecular formula is C8H5Br2NS. The van der Waals surface area contributed by atoms with Gasteiger partial charge in [-0.25, -0.2) is 4.98 Å². The van der Waals surface area contributed by atoms with Crippen LogP contribution < -0.4 is 0 Å².